The zero-order chi connectivity index (χ0) is 20.8. The second-order valence-corrected chi connectivity index (χ2v) is 7.49. The van der Waals surface area contributed by atoms with Crippen LogP contribution in [-0.4, -0.2) is 22.0 Å². The molecule has 0 saturated heterocycles. The van der Waals surface area contributed by atoms with Gasteiger partial charge in [0.1, 0.15) is 0 Å². The van der Waals surface area contributed by atoms with E-state index in [1.165, 1.54) is 12.1 Å². The number of fused-ring (bicyclic) bond motifs is 1. The fourth-order valence-corrected chi connectivity index (χ4v) is 4.42. The van der Waals surface area contributed by atoms with Crippen LogP contribution in [0.2, 0.25) is 0 Å². The Kier molecular flexibility index (Phi) is 4.38. The van der Waals surface area contributed by atoms with Crippen molar-refractivity contribution >= 4 is 11.6 Å². The molecule has 0 aliphatic heterocycles. The summed E-state index contributed by atoms with van der Waals surface area (Å²) in [5.74, 6) is -2.54. The van der Waals surface area contributed by atoms with Gasteiger partial charge in [-0.2, -0.15) is 0 Å². The predicted octanol–water partition coefficient (Wildman–Crippen LogP) is 4.53. The summed E-state index contributed by atoms with van der Waals surface area (Å²) in [6, 6.07) is 20.6. The summed E-state index contributed by atoms with van der Waals surface area (Å²) in [4.78, 5) is 38.8. The molecule has 0 spiro atoms. The van der Waals surface area contributed by atoms with Crippen LogP contribution in [0.15, 0.2) is 72.8 Å². The molecule has 0 N–H and O–H groups in total. The van der Waals surface area contributed by atoms with Crippen LogP contribution in [-0.2, 0) is 0 Å². The molecule has 5 nitrogen and oxygen atoms in total. The Labute approximate surface area is 168 Å². The number of hydrogen-bond donors (Lipinski definition) is 0. The van der Waals surface area contributed by atoms with Gasteiger partial charge in [-0.3, -0.25) is 19.7 Å². The molecule has 1 aliphatic carbocycles. The van der Waals surface area contributed by atoms with Crippen molar-refractivity contribution in [1.29, 1.82) is 0 Å². The minimum absolute atomic E-state index is 0.111. The molecular formula is C24H19NO4. The molecule has 0 amide bonds. The fraction of sp³-hybridized carbons (Fsp3) is 0.167. The minimum Gasteiger partial charge on any atom is -0.285 e. The third-order valence-corrected chi connectivity index (χ3v) is 5.52. The van der Waals surface area contributed by atoms with Gasteiger partial charge in [0.25, 0.3) is 0 Å². The van der Waals surface area contributed by atoms with E-state index in [0.29, 0.717) is 11.1 Å². The van der Waals surface area contributed by atoms with E-state index in [4.69, 9.17) is 0 Å². The van der Waals surface area contributed by atoms with Crippen molar-refractivity contribution in [1.82, 2.24) is 0 Å². The molecule has 0 bridgehead atoms. The Bertz CT molecular complexity index is 1100. The lowest BCUT2D eigenvalue weighted by atomic mass is 9.72. The van der Waals surface area contributed by atoms with Crippen LogP contribution in [0.3, 0.4) is 0 Å². The van der Waals surface area contributed by atoms with Gasteiger partial charge in [0.15, 0.2) is 0 Å². The van der Waals surface area contributed by atoms with E-state index in [-0.39, 0.29) is 11.1 Å². The maximum Gasteiger partial charge on any atom is 0.355 e. The Hall–Kier alpha value is -3.60. The highest BCUT2D eigenvalue weighted by atomic mass is 16.6. The molecule has 1 aliphatic rings. The summed E-state index contributed by atoms with van der Waals surface area (Å²) in [6.45, 7) is 3.79. The number of carbonyl (C=O) groups is 2. The van der Waals surface area contributed by atoms with Gasteiger partial charge < -0.3 is 0 Å². The molecule has 0 aromatic heterocycles. The molecule has 144 valence electrons. The first-order valence-electron chi connectivity index (χ1n) is 9.33. The lowest BCUT2D eigenvalue weighted by Crippen LogP contribution is -2.54. The van der Waals surface area contributed by atoms with Crippen LogP contribution < -0.4 is 0 Å². The third-order valence-electron chi connectivity index (χ3n) is 5.52. The van der Waals surface area contributed by atoms with Gasteiger partial charge in [-0.1, -0.05) is 83.9 Å². The Morgan fingerprint density at radius 2 is 1.24 bits per heavy atom. The van der Waals surface area contributed by atoms with Gasteiger partial charge in [-0.15, -0.1) is 0 Å². The van der Waals surface area contributed by atoms with Crippen LogP contribution in [0, 0.1) is 24.0 Å². The average Bonchev–Trinajstić information content (AvgIpc) is 2.92. The Morgan fingerprint density at radius 1 is 0.759 bits per heavy atom. The normalized spacial score (nSPS) is 15.8. The van der Waals surface area contributed by atoms with E-state index in [1.54, 1.807) is 42.5 Å². The van der Waals surface area contributed by atoms with Crippen LogP contribution >= 0.6 is 0 Å². The van der Waals surface area contributed by atoms with Crippen molar-refractivity contribution in [3.63, 3.8) is 0 Å². The van der Waals surface area contributed by atoms with Gasteiger partial charge in [-0.25, -0.2) is 0 Å². The van der Waals surface area contributed by atoms with Gasteiger partial charge in [0, 0.05) is 16.1 Å². The number of hydrogen-bond acceptors (Lipinski definition) is 4. The number of nitro groups is 1. The fourth-order valence-electron chi connectivity index (χ4n) is 4.42. The average molecular weight is 385 g/mol. The summed E-state index contributed by atoms with van der Waals surface area (Å²) < 4.78 is 0. The first-order valence-corrected chi connectivity index (χ1v) is 9.33. The molecule has 3 aromatic rings. The predicted molar refractivity (Wildman–Crippen MR) is 109 cm³/mol. The minimum atomic E-state index is -2.43. The van der Waals surface area contributed by atoms with Crippen molar-refractivity contribution in [3.05, 3.63) is 116 Å². The molecule has 0 saturated carbocycles. The van der Waals surface area contributed by atoms with E-state index in [1.807, 2.05) is 32.0 Å². The molecular weight excluding hydrogens is 366 g/mol. The van der Waals surface area contributed by atoms with Gasteiger partial charge in [0.05, 0.1) is 5.92 Å². The number of carbonyl (C=O) groups excluding carboxylic acids is 2. The first-order chi connectivity index (χ1) is 13.9. The van der Waals surface area contributed by atoms with Gasteiger partial charge >= 0.3 is 5.54 Å². The summed E-state index contributed by atoms with van der Waals surface area (Å²) in [5, 5.41) is 12.5. The highest BCUT2D eigenvalue weighted by Crippen LogP contribution is 2.46. The second-order valence-electron chi connectivity index (χ2n) is 7.49. The van der Waals surface area contributed by atoms with E-state index in [0.717, 1.165) is 11.1 Å². The lowest BCUT2D eigenvalue weighted by Gasteiger charge is -2.28. The van der Waals surface area contributed by atoms with Crippen LogP contribution in [0.4, 0.5) is 0 Å². The third kappa shape index (κ3) is 2.70. The number of benzene rings is 3. The molecule has 29 heavy (non-hydrogen) atoms. The largest absolute Gasteiger partial charge is 0.355 e. The Morgan fingerprint density at radius 3 is 1.72 bits per heavy atom. The van der Waals surface area contributed by atoms with E-state index in [2.05, 4.69) is 0 Å². The quantitative estimate of drug-likeness (QED) is 0.376. The molecule has 4 rings (SSSR count). The van der Waals surface area contributed by atoms with Crippen molar-refractivity contribution in [2.24, 2.45) is 0 Å². The number of ketones is 2. The van der Waals surface area contributed by atoms with Gasteiger partial charge in [-0.05, 0) is 25.0 Å². The maximum atomic E-state index is 13.5. The summed E-state index contributed by atoms with van der Waals surface area (Å²) in [6.07, 6.45) is 0. The van der Waals surface area contributed by atoms with Crippen molar-refractivity contribution in [2.75, 3.05) is 0 Å². The van der Waals surface area contributed by atoms with Crippen molar-refractivity contribution in [2.45, 2.75) is 25.3 Å². The zero-order valence-electron chi connectivity index (χ0n) is 16.1. The molecule has 0 unspecified atom stereocenters. The van der Waals surface area contributed by atoms with E-state index < -0.39 is 27.9 Å². The van der Waals surface area contributed by atoms with E-state index in [9.17, 15) is 19.7 Å². The molecule has 0 heterocycles. The number of aryl methyl sites for hydroxylation is 2. The van der Waals surface area contributed by atoms with Gasteiger partial charge in [0.2, 0.25) is 11.6 Å². The first kappa shape index (κ1) is 18.7. The van der Waals surface area contributed by atoms with Crippen molar-refractivity contribution in [3.8, 4) is 0 Å². The summed E-state index contributed by atoms with van der Waals surface area (Å²) >= 11 is 0. The molecule has 1 atom stereocenters. The van der Waals surface area contributed by atoms with Crippen LogP contribution in [0.5, 0.6) is 0 Å². The second kappa shape index (κ2) is 6.78. The highest BCUT2D eigenvalue weighted by molar-refractivity contribution is 6.32. The number of Topliss-reactive ketones (excluding diaryl/α,β-unsaturated/α-hetero) is 2. The number of nitrogens with zero attached hydrogens (tertiary/aromatic N) is 1. The monoisotopic (exact) mass is 385 g/mol. The number of rotatable bonds is 4. The molecule has 5 heteroatoms. The SMILES string of the molecule is Cc1cc(C)cc([C@@H](c2ccccc2)C2([N+](=O)[O-])C(=O)c3ccccc3C2=O)c1. The van der Waals surface area contributed by atoms with Crippen LogP contribution in [0.1, 0.15) is 48.9 Å². The zero-order valence-corrected chi connectivity index (χ0v) is 16.1. The Balaban J connectivity index is 2.07. The molecule has 0 radical (unpaired) electrons. The highest BCUT2D eigenvalue weighted by Gasteiger charge is 2.69. The summed E-state index contributed by atoms with van der Waals surface area (Å²) in [5.41, 5.74) is 0.762. The molecule has 0 fully saturated rings. The van der Waals surface area contributed by atoms with E-state index >= 15 is 0 Å². The van der Waals surface area contributed by atoms with Crippen LogP contribution in [0.25, 0.3) is 0 Å². The topological polar surface area (TPSA) is 77.3 Å². The smallest absolute Gasteiger partial charge is 0.285 e. The standard InChI is InChI=1S/C24H19NO4/c1-15-12-16(2)14-18(13-15)21(17-8-4-3-5-9-17)24(25(28)29)22(26)19-10-6-7-11-20(19)23(24)27/h3-14,21H,1-2H3/t21-/m1/s1. The van der Waals surface area contributed by atoms with Crippen molar-refractivity contribution < 1.29 is 14.5 Å². The molecule has 3 aromatic carbocycles. The lowest BCUT2D eigenvalue weighted by molar-refractivity contribution is -0.532. The summed E-state index contributed by atoms with van der Waals surface area (Å²) in [7, 11) is 0. The maximum absolute atomic E-state index is 13.5.